The van der Waals surface area contributed by atoms with Crippen LogP contribution in [0.1, 0.15) is 0 Å². The van der Waals surface area contributed by atoms with Gasteiger partial charge in [0.2, 0.25) is 0 Å². The Hall–Kier alpha value is -1.37. The number of ether oxygens (including phenoxy) is 1. The second-order valence-corrected chi connectivity index (χ2v) is 2.66. The molecule has 1 rings (SSSR count). The molecule has 1 aliphatic carbocycles. The Kier molecular flexibility index (Phi) is 3.23. The predicted octanol–water partition coefficient (Wildman–Crippen LogP) is -0.367. The SMILES string of the molecule is COC(=O)C1=C(O)C(O[O])C(O)C=C1. The van der Waals surface area contributed by atoms with Crippen molar-refractivity contribution in [2.45, 2.75) is 12.2 Å². The van der Waals surface area contributed by atoms with E-state index in [1.54, 1.807) is 0 Å². The summed E-state index contributed by atoms with van der Waals surface area (Å²) in [5.41, 5.74) is -0.196. The number of aliphatic hydroxyl groups is 2. The first kappa shape index (κ1) is 10.7. The molecule has 0 saturated carbocycles. The number of hydrogen-bond donors (Lipinski definition) is 2. The van der Waals surface area contributed by atoms with Crippen molar-refractivity contribution in [3.05, 3.63) is 23.5 Å². The van der Waals surface area contributed by atoms with Crippen molar-refractivity contribution >= 4 is 5.97 Å². The van der Waals surface area contributed by atoms with Crippen molar-refractivity contribution in [2.75, 3.05) is 7.11 Å². The number of esters is 1. The van der Waals surface area contributed by atoms with E-state index in [1.165, 1.54) is 6.08 Å². The lowest BCUT2D eigenvalue weighted by atomic mass is 10.0. The van der Waals surface area contributed by atoms with E-state index in [1.807, 2.05) is 0 Å². The van der Waals surface area contributed by atoms with Crippen LogP contribution < -0.4 is 0 Å². The number of carbonyl (C=O) groups is 1. The smallest absolute Gasteiger partial charge is 0.341 e. The maximum Gasteiger partial charge on any atom is 0.341 e. The van der Waals surface area contributed by atoms with Gasteiger partial charge in [-0.3, -0.25) is 0 Å². The Labute approximate surface area is 79.6 Å². The zero-order valence-electron chi connectivity index (χ0n) is 7.34. The van der Waals surface area contributed by atoms with Gasteiger partial charge in [0, 0.05) is 0 Å². The van der Waals surface area contributed by atoms with Crippen molar-refractivity contribution in [1.29, 1.82) is 0 Å². The molecule has 2 N–H and O–H groups in total. The molecule has 2 atom stereocenters. The van der Waals surface area contributed by atoms with Gasteiger partial charge in [0.05, 0.1) is 12.7 Å². The van der Waals surface area contributed by atoms with Gasteiger partial charge in [0.25, 0.3) is 0 Å². The van der Waals surface area contributed by atoms with E-state index >= 15 is 0 Å². The molecular weight excluding hydrogens is 192 g/mol. The standard InChI is InChI=1S/C8H9O6/c1-13-8(11)4-2-3-5(9)7(14-12)6(4)10/h2-3,5,7,9-10H,1H3. The van der Waals surface area contributed by atoms with E-state index in [2.05, 4.69) is 9.62 Å². The topological polar surface area (TPSA) is 95.9 Å². The molecule has 6 nitrogen and oxygen atoms in total. The Balaban J connectivity index is 3.00. The van der Waals surface area contributed by atoms with Gasteiger partial charge < -0.3 is 14.9 Å². The van der Waals surface area contributed by atoms with Crippen LogP contribution in [0.25, 0.3) is 0 Å². The fourth-order valence-corrected chi connectivity index (χ4v) is 1.08. The molecule has 1 aliphatic rings. The zero-order chi connectivity index (χ0) is 10.7. The summed E-state index contributed by atoms with van der Waals surface area (Å²) in [6.45, 7) is 0. The molecule has 0 fully saturated rings. The maximum absolute atomic E-state index is 11.0. The minimum Gasteiger partial charge on any atom is -0.508 e. The Morgan fingerprint density at radius 2 is 2.21 bits per heavy atom. The summed E-state index contributed by atoms with van der Waals surface area (Å²) >= 11 is 0. The van der Waals surface area contributed by atoms with Gasteiger partial charge in [0.1, 0.15) is 11.9 Å². The summed E-state index contributed by atoms with van der Waals surface area (Å²) in [6.07, 6.45) is -0.398. The van der Waals surface area contributed by atoms with Crippen LogP contribution in [0.2, 0.25) is 0 Å². The van der Waals surface area contributed by atoms with Crippen molar-refractivity contribution in [1.82, 2.24) is 0 Å². The van der Waals surface area contributed by atoms with Crippen molar-refractivity contribution < 1.29 is 29.9 Å². The third-order valence-corrected chi connectivity index (χ3v) is 1.82. The van der Waals surface area contributed by atoms with Crippen LogP contribution >= 0.6 is 0 Å². The molecule has 0 aromatic heterocycles. The fourth-order valence-electron chi connectivity index (χ4n) is 1.08. The molecule has 0 heterocycles. The normalized spacial score (nSPS) is 26.5. The van der Waals surface area contributed by atoms with Gasteiger partial charge in [0.15, 0.2) is 6.10 Å². The van der Waals surface area contributed by atoms with Gasteiger partial charge in [-0.15, -0.1) is 0 Å². The van der Waals surface area contributed by atoms with Crippen molar-refractivity contribution in [3.8, 4) is 0 Å². The first-order valence-corrected chi connectivity index (χ1v) is 3.78. The summed E-state index contributed by atoms with van der Waals surface area (Å²) < 4.78 is 4.34. The molecule has 0 amide bonds. The van der Waals surface area contributed by atoms with Crippen LogP contribution in [-0.2, 0) is 19.7 Å². The molecule has 0 spiro atoms. The Bertz CT molecular complexity index is 292. The average molecular weight is 201 g/mol. The van der Waals surface area contributed by atoms with E-state index in [4.69, 9.17) is 5.11 Å². The molecule has 77 valence electrons. The highest BCUT2D eigenvalue weighted by molar-refractivity contribution is 5.92. The van der Waals surface area contributed by atoms with E-state index in [-0.39, 0.29) is 5.57 Å². The Morgan fingerprint density at radius 3 is 2.71 bits per heavy atom. The van der Waals surface area contributed by atoms with Gasteiger partial charge >= 0.3 is 5.97 Å². The molecule has 0 bridgehead atoms. The van der Waals surface area contributed by atoms with E-state index in [9.17, 15) is 15.2 Å². The quantitative estimate of drug-likeness (QED) is 0.361. The zero-order valence-corrected chi connectivity index (χ0v) is 7.34. The lowest BCUT2D eigenvalue weighted by Gasteiger charge is -2.20. The van der Waals surface area contributed by atoms with E-state index in [0.717, 1.165) is 13.2 Å². The lowest BCUT2D eigenvalue weighted by Crippen LogP contribution is -2.32. The second kappa shape index (κ2) is 4.23. The molecule has 2 unspecified atom stereocenters. The summed E-state index contributed by atoms with van der Waals surface area (Å²) in [5.74, 6) is -1.42. The monoisotopic (exact) mass is 201 g/mol. The van der Waals surface area contributed by atoms with Gasteiger partial charge in [-0.2, -0.15) is 4.89 Å². The van der Waals surface area contributed by atoms with Crippen molar-refractivity contribution in [2.24, 2.45) is 0 Å². The number of aliphatic hydroxyl groups excluding tert-OH is 2. The molecular formula is C8H9O6. The van der Waals surface area contributed by atoms with Crippen LogP contribution in [0.5, 0.6) is 0 Å². The van der Waals surface area contributed by atoms with Crippen LogP contribution in [0.4, 0.5) is 0 Å². The molecule has 0 saturated heterocycles. The number of hydrogen-bond acceptors (Lipinski definition) is 5. The minimum atomic E-state index is -1.46. The van der Waals surface area contributed by atoms with E-state index < -0.39 is 23.9 Å². The summed E-state index contributed by atoms with van der Waals surface area (Å²) in [5, 5.41) is 28.6. The number of rotatable bonds is 2. The van der Waals surface area contributed by atoms with Crippen LogP contribution in [0.15, 0.2) is 23.5 Å². The third kappa shape index (κ3) is 1.77. The highest BCUT2D eigenvalue weighted by Gasteiger charge is 2.31. The number of methoxy groups -OCH3 is 1. The molecule has 0 aromatic carbocycles. The average Bonchev–Trinajstić information content (AvgIpc) is 2.18. The molecule has 0 aromatic rings. The van der Waals surface area contributed by atoms with Crippen LogP contribution in [0.3, 0.4) is 0 Å². The highest BCUT2D eigenvalue weighted by Crippen LogP contribution is 2.20. The predicted molar refractivity (Wildman–Crippen MR) is 42.4 cm³/mol. The summed E-state index contributed by atoms with van der Waals surface area (Å²) in [7, 11) is 1.13. The maximum atomic E-state index is 11.0. The largest absolute Gasteiger partial charge is 0.508 e. The molecule has 6 heteroatoms. The van der Waals surface area contributed by atoms with Crippen LogP contribution in [-0.4, -0.2) is 35.5 Å². The van der Waals surface area contributed by atoms with Gasteiger partial charge in [-0.05, 0) is 11.3 Å². The Morgan fingerprint density at radius 1 is 1.57 bits per heavy atom. The summed E-state index contributed by atoms with van der Waals surface area (Å²) in [4.78, 5) is 14.6. The molecule has 0 aliphatic heterocycles. The van der Waals surface area contributed by atoms with Crippen molar-refractivity contribution in [3.63, 3.8) is 0 Å². The minimum absolute atomic E-state index is 0.196. The third-order valence-electron chi connectivity index (χ3n) is 1.82. The first-order valence-electron chi connectivity index (χ1n) is 3.78. The second-order valence-electron chi connectivity index (χ2n) is 2.66. The van der Waals surface area contributed by atoms with Crippen LogP contribution in [0, 0.1) is 0 Å². The lowest BCUT2D eigenvalue weighted by molar-refractivity contribution is -0.341. The van der Waals surface area contributed by atoms with Gasteiger partial charge in [-0.25, -0.2) is 4.79 Å². The number of carbonyl (C=O) groups excluding carboxylic acids is 1. The van der Waals surface area contributed by atoms with Gasteiger partial charge in [-0.1, -0.05) is 6.08 Å². The fraction of sp³-hybridized carbons (Fsp3) is 0.375. The first-order chi connectivity index (χ1) is 6.61. The highest BCUT2D eigenvalue weighted by atomic mass is 17.1. The summed E-state index contributed by atoms with van der Waals surface area (Å²) in [6, 6.07) is 0. The molecule has 1 radical (unpaired) electrons. The van der Waals surface area contributed by atoms with E-state index in [0.29, 0.717) is 0 Å². The molecule has 14 heavy (non-hydrogen) atoms.